The van der Waals surface area contributed by atoms with Crippen LogP contribution in [-0.2, 0) is 12.8 Å². The minimum Gasteiger partial charge on any atom is -0.332 e. The quantitative estimate of drug-likeness (QED) is 0.714. The lowest BCUT2D eigenvalue weighted by atomic mass is 10.0. The lowest BCUT2D eigenvalue weighted by molar-refractivity contribution is 1.09. The molecule has 0 aliphatic carbocycles. The Hall–Kier alpha value is -1.58. The smallest absolute Gasteiger partial charge is 0.175 e. The van der Waals surface area contributed by atoms with E-state index < -0.39 is 0 Å². The summed E-state index contributed by atoms with van der Waals surface area (Å²) >= 11 is 11.6. The van der Waals surface area contributed by atoms with E-state index in [0.717, 1.165) is 34.8 Å². The molecule has 116 valence electrons. The van der Waals surface area contributed by atoms with Crippen molar-refractivity contribution in [3.8, 4) is 0 Å². The van der Waals surface area contributed by atoms with Crippen molar-refractivity contribution in [2.24, 2.45) is 0 Å². The van der Waals surface area contributed by atoms with Crippen LogP contribution in [0.3, 0.4) is 0 Å². The zero-order valence-electron chi connectivity index (χ0n) is 13.2. The second-order valence-electron chi connectivity index (χ2n) is 5.20. The molecule has 2 nitrogen and oxygen atoms in total. The Labute approximate surface area is 142 Å². The highest BCUT2D eigenvalue weighted by Gasteiger charge is 2.08. The molecular weight excluding hydrogens is 312 g/mol. The fourth-order valence-electron chi connectivity index (χ4n) is 2.35. The first-order valence-electron chi connectivity index (χ1n) is 7.50. The number of halogens is 1. The standard InChI is InChI=1S/C18H21ClN2S/c1-4-13-7-6-8-14(5-2)17(13)21-18(22)20-15-10-9-12(3)16(19)11-15/h6-11H,4-5H2,1-3H3,(H2,20,21,22). The molecule has 0 aliphatic heterocycles. The van der Waals surface area contributed by atoms with Crippen LogP contribution in [0.4, 0.5) is 11.4 Å². The van der Waals surface area contributed by atoms with Gasteiger partial charge in [0.2, 0.25) is 0 Å². The molecule has 0 saturated heterocycles. The summed E-state index contributed by atoms with van der Waals surface area (Å²) in [6.45, 7) is 6.28. The Kier molecular flexibility index (Phi) is 5.81. The van der Waals surface area contributed by atoms with E-state index in [1.165, 1.54) is 11.1 Å². The van der Waals surface area contributed by atoms with Crippen molar-refractivity contribution in [2.75, 3.05) is 10.6 Å². The monoisotopic (exact) mass is 332 g/mol. The highest BCUT2D eigenvalue weighted by atomic mass is 35.5. The van der Waals surface area contributed by atoms with E-state index in [0.29, 0.717) is 5.11 Å². The Balaban J connectivity index is 2.17. The van der Waals surface area contributed by atoms with Crippen LogP contribution in [0.15, 0.2) is 36.4 Å². The normalized spacial score (nSPS) is 10.4. The fraction of sp³-hybridized carbons (Fsp3) is 0.278. The summed E-state index contributed by atoms with van der Waals surface area (Å²) < 4.78 is 0. The predicted molar refractivity (Wildman–Crippen MR) is 101 cm³/mol. The van der Waals surface area contributed by atoms with Crippen LogP contribution >= 0.6 is 23.8 Å². The first-order valence-corrected chi connectivity index (χ1v) is 8.28. The number of nitrogens with one attached hydrogen (secondary N) is 2. The average molecular weight is 333 g/mol. The van der Waals surface area contributed by atoms with Crippen LogP contribution in [0, 0.1) is 6.92 Å². The van der Waals surface area contributed by atoms with Gasteiger partial charge in [-0.1, -0.05) is 49.7 Å². The number of benzene rings is 2. The molecule has 0 saturated carbocycles. The second kappa shape index (κ2) is 7.61. The summed E-state index contributed by atoms with van der Waals surface area (Å²) in [7, 11) is 0. The molecule has 0 radical (unpaired) electrons. The van der Waals surface area contributed by atoms with Gasteiger partial charge in [0.05, 0.1) is 0 Å². The first kappa shape index (κ1) is 16.8. The summed E-state index contributed by atoms with van der Waals surface area (Å²) in [5.74, 6) is 0. The highest BCUT2D eigenvalue weighted by molar-refractivity contribution is 7.80. The molecule has 0 atom stereocenters. The molecule has 0 heterocycles. The topological polar surface area (TPSA) is 24.1 Å². The maximum absolute atomic E-state index is 6.15. The van der Waals surface area contributed by atoms with E-state index in [2.05, 4.69) is 42.7 Å². The van der Waals surface area contributed by atoms with Crippen molar-refractivity contribution >= 4 is 40.3 Å². The molecule has 0 fully saturated rings. The maximum Gasteiger partial charge on any atom is 0.175 e. The molecule has 0 spiro atoms. The van der Waals surface area contributed by atoms with Gasteiger partial charge in [-0.25, -0.2) is 0 Å². The molecule has 2 rings (SSSR count). The number of hydrogen-bond acceptors (Lipinski definition) is 1. The van der Waals surface area contributed by atoms with Gasteiger partial charge >= 0.3 is 0 Å². The highest BCUT2D eigenvalue weighted by Crippen LogP contribution is 2.24. The first-order chi connectivity index (χ1) is 10.5. The molecule has 0 aromatic heterocycles. The summed E-state index contributed by atoms with van der Waals surface area (Å²) in [4.78, 5) is 0. The number of aryl methyl sites for hydroxylation is 3. The number of para-hydroxylation sites is 1. The van der Waals surface area contributed by atoms with Gasteiger partial charge in [0.1, 0.15) is 0 Å². The zero-order valence-corrected chi connectivity index (χ0v) is 14.7. The van der Waals surface area contributed by atoms with Crippen molar-refractivity contribution < 1.29 is 0 Å². The third kappa shape index (κ3) is 3.99. The fourth-order valence-corrected chi connectivity index (χ4v) is 2.75. The van der Waals surface area contributed by atoms with Crippen LogP contribution in [0.25, 0.3) is 0 Å². The largest absolute Gasteiger partial charge is 0.332 e. The van der Waals surface area contributed by atoms with Gasteiger partial charge in [-0.2, -0.15) is 0 Å². The molecule has 2 aromatic carbocycles. The van der Waals surface area contributed by atoms with Crippen molar-refractivity contribution in [1.82, 2.24) is 0 Å². The zero-order chi connectivity index (χ0) is 16.1. The predicted octanol–water partition coefficient (Wildman–Crippen LogP) is 5.58. The lowest BCUT2D eigenvalue weighted by Gasteiger charge is -2.17. The van der Waals surface area contributed by atoms with E-state index in [-0.39, 0.29) is 0 Å². The minimum absolute atomic E-state index is 0.579. The third-order valence-electron chi connectivity index (χ3n) is 3.67. The average Bonchev–Trinajstić information content (AvgIpc) is 2.51. The van der Waals surface area contributed by atoms with Gasteiger partial charge in [0, 0.05) is 16.4 Å². The molecule has 0 aliphatic rings. The van der Waals surface area contributed by atoms with Gasteiger partial charge in [-0.3, -0.25) is 0 Å². The SMILES string of the molecule is CCc1cccc(CC)c1NC(=S)Nc1ccc(C)c(Cl)c1. The van der Waals surface area contributed by atoms with Crippen molar-refractivity contribution in [2.45, 2.75) is 33.6 Å². The van der Waals surface area contributed by atoms with E-state index in [4.69, 9.17) is 23.8 Å². The van der Waals surface area contributed by atoms with Crippen LogP contribution in [0.5, 0.6) is 0 Å². The van der Waals surface area contributed by atoms with Gasteiger partial charge in [0.15, 0.2) is 5.11 Å². The van der Waals surface area contributed by atoms with Gasteiger partial charge < -0.3 is 10.6 Å². The summed E-state index contributed by atoms with van der Waals surface area (Å²) in [5, 5.41) is 7.85. The van der Waals surface area contributed by atoms with E-state index in [9.17, 15) is 0 Å². The second-order valence-corrected chi connectivity index (χ2v) is 6.02. The molecular formula is C18H21ClN2S. The number of thiocarbonyl (C=S) groups is 1. The Bertz CT molecular complexity index is 661. The van der Waals surface area contributed by atoms with Gasteiger partial charge in [-0.05, 0) is 60.8 Å². The molecule has 0 unspecified atom stereocenters. The number of hydrogen-bond donors (Lipinski definition) is 2. The molecule has 0 amide bonds. The lowest BCUT2D eigenvalue weighted by Crippen LogP contribution is -2.21. The Morgan fingerprint density at radius 1 is 1.05 bits per heavy atom. The summed E-state index contributed by atoms with van der Waals surface area (Å²) in [5.41, 5.74) is 5.59. The van der Waals surface area contributed by atoms with Crippen LogP contribution in [-0.4, -0.2) is 5.11 Å². The van der Waals surface area contributed by atoms with Crippen LogP contribution in [0.2, 0.25) is 5.02 Å². The molecule has 2 N–H and O–H groups in total. The number of anilines is 2. The van der Waals surface area contributed by atoms with Crippen LogP contribution in [0.1, 0.15) is 30.5 Å². The molecule has 0 bridgehead atoms. The van der Waals surface area contributed by atoms with Crippen molar-refractivity contribution in [3.05, 3.63) is 58.1 Å². The van der Waals surface area contributed by atoms with E-state index in [1.807, 2.05) is 25.1 Å². The summed E-state index contributed by atoms with van der Waals surface area (Å²) in [6.07, 6.45) is 1.93. The third-order valence-corrected chi connectivity index (χ3v) is 4.28. The van der Waals surface area contributed by atoms with Gasteiger partial charge in [-0.15, -0.1) is 0 Å². The van der Waals surface area contributed by atoms with Crippen LogP contribution < -0.4 is 10.6 Å². The Morgan fingerprint density at radius 3 is 2.23 bits per heavy atom. The minimum atomic E-state index is 0.579. The van der Waals surface area contributed by atoms with Gasteiger partial charge in [0.25, 0.3) is 0 Å². The van der Waals surface area contributed by atoms with Crippen molar-refractivity contribution in [1.29, 1.82) is 0 Å². The van der Waals surface area contributed by atoms with Crippen molar-refractivity contribution in [3.63, 3.8) is 0 Å². The maximum atomic E-state index is 6.15. The Morgan fingerprint density at radius 2 is 1.68 bits per heavy atom. The van der Waals surface area contributed by atoms with E-state index >= 15 is 0 Å². The molecule has 22 heavy (non-hydrogen) atoms. The summed E-state index contributed by atoms with van der Waals surface area (Å²) in [6, 6.07) is 12.2. The van der Waals surface area contributed by atoms with E-state index in [1.54, 1.807) is 0 Å². The molecule has 2 aromatic rings. The molecule has 4 heteroatoms. The number of rotatable bonds is 4.